The number of ether oxygens (including phenoxy) is 1. The van der Waals surface area contributed by atoms with Gasteiger partial charge in [0.05, 0.1) is 15.6 Å². The van der Waals surface area contributed by atoms with Gasteiger partial charge in [-0.05, 0) is 66.7 Å². The van der Waals surface area contributed by atoms with E-state index in [2.05, 4.69) is 10.0 Å². The molecule has 0 aromatic heterocycles. The summed E-state index contributed by atoms with van der Waals surface area (Å²) in [6, 6.07) is 16.6. The van der Waals surface area contributed by atoms with E-state index in [1.807, 2.05) is 0 Å². The monoisotopic (exact) mass is 484 g/mol. The van der Waals surface area contributed by atoms with Crippen LogP contribution in [-0.2, 0) is 14.8 Å². The molecule has 2 N–H and O–H groups in total. The summed E-state index contributed by atoms with van der Waals surface area (Å²) in [5.41, 5.74) is 0.753. The quantitative estimate of drug-likeness (QED) is 0.465. The Morgan fingerprint density at radius 3 is 2.17 bits per heavy atom. The van der Waals surface area contributed by atoms with Gasteiger partial charge in [-0.2, -0.15) is 0 Å². The van der Waals surface area contributed by atoms with Crippen LogP contribution in [0.2, 0.25) is 15.1 Å². The average molecular weight is 486 g/mol. The van der Waals surface area contributed by atoms with Gasteiger partial charge >= 0.3 is 0 Å². The van der Waals surface area contributed by atoms with Crippen molar-refractivity contribution in [3.63, 3.8) is 0 Å². The fourth-order valence-electron chi connectivity index (χ4n) is 2.38. The fraction of sp³-hybridized carbons (Fsp3) is 0.0500. The molecule has 0 atom stereocenters. The lowest BCUT2D eigenvalue weighted by Crippen LogP contribution is -2.20. The van der Waals surface area contributed by atoms with Gasteiger partial charge < -0.3 is 10.1 Å². The zero-order chi connectivity index (χ0) is 21.7. The molecule has 0 saturated heterocycles. The molecular formula is C20H15Cl3N2O4S. The van der Waals surface area contributed by atoms with Crippen molar-refractivity contribution in [2.24, 2.45) is 0 Å². The second-order valence-corrected chi connectivity index (χ2v) is 9.01. The molecule has 3 aromatic rings. The molecule has 0 bridgehead atoms. The highest BCUT2D eigenvalue weighted by Crippen LogP contribution is 2.25. The van der Waals surface area contributed by atoms with Gasteiger partial charge in [0.15, 0.2) is 6.61 Å². The predicted octanol–water partition coefficient (Wildman–Crippen LogP) is 5.47. The Morgan fingerprint density at radius 1 is 0.867 bits per heavy atom. The van der Waals surface area contributed by atoms with Crippen molar-refractivity contribution in [3.05, 3.63) is 81.8 Å². The lowest BCUT2D eigenvalue weighted by atomic mass is 10.3. The molecule has 3 aromatic carbocycles. The van der Waals surface area contributed by atoms with E-state index in [-0.39, 0.29) is 11.5 Å². The summed E-state index contributed by atoms with van der Waals surface area (Å²) in [6.07, 6.45) is 0. The highest BCUT2D eigenvalue weighted by molar-refractivity contribution is 7.92. The Bertz CT molecular complexity index is 1150. The van der Waals surface area contributed by atoms with Crippen molar-refractivity contribution in [1.29, 1.82) is 0 Å². The second-order valence-electron chi connectivity index (χ2n) is 6.04. The normalized spacial score (nSPS) is 11.0. The van der Waals surface area contributed by atoms with Gasteiger partial charge in [0.2, 0.25) is 0 Å². The molecule has 0 fully saturated rings. The zero-order valence-electron chi connectivity index (χ0n) is 15.2. The summed E-state index contributed by atoms with van der Waals surface area (Å²) in [7, 11) is -3.78. The van der Waals surface area contributed by atoms with Crippen molar-refractivity contribution in [2.75, 3.05) is 16.6 Å². The van der Waals surface area contributed by atoms with Crippen LogP contribution in [0, 0.1) is 0 Å². The van der Waals surface area contributed by atoms with Crippen LogP contribution in [-0.4, -0.2) is 20.9 Å². The highest BCUT2D eigenvalue weighted by atomic mass is 35.5. The average Bonchev–Trinajstić information content (AvgIpc) is 2.71. The Hall–Kier alpha value is -2.45. The van der Waals surface area contributed by atoms with Crippen LogP contribution in [0.15, 0.2) is 71.6 Å². The van der Waals surface area contributed by atoms with E-state index in [0.717, 1.165) is 0 Å². The predicted molar refractivity (Wildman–Crippen MR) is 119 cm³/mol. The van der Waals surface area contributed by atoms with E-state index >= 15 is 0 Å². The van der Waals surface area contributed by atoms with Gasteiger partial charge in [-0.3, -0.25) is 9.52 Å². The number of nitrogens with one attached hydrogen (secondary N) is 2. The standard InChI is InChI=1S/C20H15Cl3N2O4S/c21-13-1-4-15(5-2-13)25-30(27,28)17-8-6-16(7-9-17)29-12-20(26)24-19-11-14(22)3-10-18(19)23/h1-11,25H,12H2,(H,24,26). The van der Waals surface area contributed by atoms with E-state index in [0.29, 0.717) is 32.2 Å². The lowest BCUT2D eigenvalue weighted by molar-refractivity contribution is -0.118. The molecule has 6 nitrogen and oxygen atoms in total. The van der Waals surface area contributed by atoms with E-state index in [4.69, 9.17) is 39.5 Å². The number of hydrogen-bond donors (Lipinski definition) is 2. The first-order chi connectivity index (χ1) is 14.2. The largest absolute Gasteiger partial charge is 0.484 e. The number of sulfonamides is 1. The third kappa shape index (κ3) is 6.03. The summed E-state index contributed by atoms with van der Waals surface area (Å²) in [4.78, 5) is 12.1. The van der Waals surface area contributed by atoms with Gasteiger partial charge in [0.25, 0.3) is 15.9 Å². The van der Waals surface area contributed by atoms with E-state index < -0.39 is 15.9 Å². The van der Waals surface area contributed by atoms with Crippen molar-refractivity contribution >= 4 is 62.1 Å². The number of anilines is 2. The first-order valence-corrected chi connectivity index (χ1v) is 11.1. The molecule has 0 aliphatic heterocycles. The maximum atomic E-state index is 12.5. The second kappa shape index (κ2) is 9.57. The van der Waals surface area contributed by atoms with Crippen LogP contribution >= 0.6 is 34.8 Å². The smallest absolute Gasteiger partial charge is 0.262 e. The number of halogens is 3. The van der Waals surface area contributed by atoms with Crippen LogP contribution in [0.3, 0.4) is 0 Å². The summed E-state index contributed by atoms with van der Waals surface area (Å²) >= 11 is 17.7. The Labute approximate surface area is 188 Å². The van der Waals surface area contributed by atoms with Crippen molar-refractivity contribution < 1.29 is 17.9 Å². The van der Waals surface area contributed by atoms with E-state index in [1.54, 1.807) is 36.4 Å². The van der Waals surface area contributed by atoms with Crippen LogP contribution in [0.4, 0.5) is 11.4 Å². The summed E-state index contributed by atoms with van der Waals surface area (Å²) in [5, 5.41) is 3.87. The minimum absolute atomic E-state index is 0.0416. The molecule has 30 heavy (non-hydrogen) atoms. The molecule has 0 radical (unpaired) electrons. The molecule has 156 valence electrons. The molecule has 10 heteroatoms. The fourth-order valence-corrected chi connectivity index (χ4v) is 3.90. The topological polar surface area (TPSA) is 84.5 Å². The Kier molecular flexibility index (Phi) is 7.10. The van der Waals surface area contributed by atoms with Crippen molar-refractivity contribution in [1.82, 2.24) is 0 Å². The Balaban J connectivity index is 1.59. The summed E-state index contributed by atoms with van der Waals surface area (Å²) < 4.78 is 32.8. The maximum absolute atomic E-state index is 12.5. The van der Waals surface area contributed by atoms with Crippen LogP contribution in [0.25, 0.3) is 0 Å². The molecule has 0 heterocycles. The van der Waals surface area contributed by atoms with Gasteiger partial charge in [-0.25, -0.2) is 8.42 Å². The van der Waals surface area contributed by atoms with Crippen molar-refractivity contribution in [2.45, 2.75) is 4.90 Å². The third-order valence-electron chi connectivity index (χ3n) is 3.80. The van der Waals surface area contributed by atoms with Gasteiger partial charge in [0, 0.05) is 15.7 Å². The van der Waals surface area contributed by atoms with Crippen molar-refractivity contribution in [3.8, 4) is 5.75 Å². The minimum atomic E-state index is -3.78. The zero-order valence-corrected chi connectivity index (χ0v) is 18.3. The highest BCUT2D eigenvalue weighted by Gasteiger charge is 2.14. The number of amides is 1. The Morgan fingerprint density at radius 2 is 1.50 bits per heavy atom. The molecule has 0 aliphatic carbocycles. The molecule has 3 rings (SSSR count). The first-order valence-electron chi connectivity index (χ1n) is 8.49. The van der Waals surface area contributed by atoms with Gasteiger partial charge in [0.1, 0.15) is 5.75 Å². The van der Waals surface area contributed by atoms with E-state index in [1.165, 1.54) is 30.3 Å². The first kappa shape index (κ1) is 22.2. The molecular weight excluding hydrogens is 471 g/mol. The summed E-state index contributed by atoms with van der Waals surface area (Å²) in [5.74, 6) is -0.118. The van der Waals surface area contributed by atoms with Crippen LogP contribution in [0.1, 0.15) is 0 Å². The number of benzene rings is 3. The molecule has 1 amide bonds. The SMILES string of the molecule is O=C(COc1ccc(S(=O)(=O)Nc2ccc(Cl)cc2)cc1)Nc1cc(Cl)ccc1Cl. The lowest BCUT2D eigenvalue weighted by Gasteiger charge is -2.11. The van der Waals surface area contributed by atoms with E-state index in [9.17, 15) is 13.2 Å². The molecule has 0 unspecified atom stereocenters. The number of carbonyl (C=O) groups excluding carboxylic acids is 1. The molecule has 0 spiro atoms. The maximum Gasteiger partial charge on any atom is 0.262 e. The molecule has 0 aliphatic rings. The van der Waals surface area contributed by atoms with Gasteiger partial charge in [-0.15, -0.1) is 0 Å². The van der Waals surface area contributed by atoms with Crippen LogP contribution < -0.4 is 14.8 Å². The summed E-state index contributed by atoms with van der Waals surface area (Å²) in [6.45, 7) is -0.294. The number of carbonyl (C=O) groups is 1. The van der Waals surface area contributed by atoms with Crippen LogP contribution in [0.5, 0.6) is 5.75 Å². The minimum Gasteiger partial charge on any atom is -0.484 e. The van der Waals surface area contributed by atoms with Gasteiger partial charge in [-0.1, -0.05) is 34.8 Å². The molecule has 0 saturated carbocycles. The number of rotatable bonds is 7. The third-order valence-corrected chi connectivity index (χ3v) is 6.02. The number of hydrogen-bond acceptors (Lipinski definition) is 4.